The first-order chi connectivity index (χ1) is 7.78. The Kier molecular flexibility index (Phi) is 3.27. The van der Waals surface area contributed by atoms with Crippen molar-refractivity contribution in [1.29, 1.82) is 0 Å². The van der Waals surface area contributed by atoms with Gasteiger partial charge in [0, 0.05) is 0 Å². The molecule has 16 heavy (non-hydrogen) atoms. The van der Waals surface area contributed by atoms with E-state index >= 15 is 0 Å². The van der Waals surface area contributed by atoms with E-state index in [-0.39, 0.29) is 0 Å². The third-order valence-corrected chi connectivity index (χ3v) is 2.48. The summed E-state index contributed by atoms with van der Waals surface area (Å²) in [5, 5.41) is 1.03. The van der Waals surface area contributed by atoms with Crippen LogP contribution in [0.15, 0.2) is 48.5 Å². The van der Waals surface area contributed by atoms with E-state index in [9.17, 15) is 0 Å². The second kappa shape index (κ2) is 4.85. The van der Waals surface area contributed by atoms with E-state index in [1.54, 1.807) is 7.11 Å². The van der Waals surface area contributed by atoms with Crippen LogP contribution in [-0.2, 0) is 0 Å². The lowest BCUT2D eigenvalue weighted by atomic mass is 10.3. The van der Waals surface area contributed by atoms with Crippen molar-refractivity contribution in [3.05, 3.63) is 48.5 Å². The quantitative estimate of drug-likeness (QED) is 0.749. The monoisotopic (exact) mass is 227 g/mol. The van der Waals surface area contributed by atoms with E-state index < -0.39 is 0 Å². The molecule has 0 aliphatic rings. The Morgan fingerprint density at radius 2 is 1.19 bits per heavy atom. The highest BCUT2D eigenvalue weighted by atomic mass is 28.1. The Labute approximate surface area is 98.3 Å². The molecule has 0 aliphatic heterocycles. The largest absolute Gasteiger partial charge is 0.497 e. The van der Waals surface area contributed by atoms with Crippen molar-refractivity contribution in [2.24, 2.45) is 0 Å². The molecule has 2 rings (SSSR count). The molecule has 3 radical (unpaired) electrons. The van der Waals surface area contributed by atoms with Crippen molar-refractivity contribution < 1.29 is 9.47 Å². The van der Waals surface area contributed by atoms with E-state index in [1.165, 1.54) is 0 Å². The number of methoxy groups -OCH3 is 1. The van der Waals surface area contributed by atoms with E-state index in [2.05, 4.69) is 10.2 Å². The van der Waals surface area contributed by atoms with Crippen molar-refractivity contribution in [3.8, 4) is 17.2 Å². The van der Waals surface area contributed by atoms with Crippen LogP contribution in [0.1, 0.15) is 0 Å². The summed E-state index contributed by atoms with van der Waals surface area (Å²) in [7, 11) is 5.07. The molecule has 0 heterocycles. The standard InChI is InChI=1S/C13H11O2Si/c1-14-10-2-4-11(5-3-10)15-12-6-8-13(16)9-7-12/h2-9H,1H3. The van der Waals surface area contributed by atoms with Crippen LogP contribution >= 0.6 is 0 Å². The van der Waals surface area contributed by atoms with Gasteiger partial charge in [-0.3, -0.25) is 0 Å². The molecule has 2 nitrogen and oxygen atoms in total. The lowest BCUT2D eigenvalue weighted by Crippen LogP contribution is -1.99. The maximum Gasteiger partial charge on any atom is 0.127 e. The normalized spacial score (nSPS) is 9.88. The second-order valence-corrected chi connectivity index (χ2v) is 3.88. The molecule has 0 N–H and O–H groups in total. The molecular weight excluding hydrogens is 216 g/mol. The van der Waals surface area contributed by atoms with Crippen LogP contribution < -0.4 is 14.7 Å². The van der Waals surface area contributed by atoms with E-state index in [1.807, 2.05) is 48.5 Å². The van der Waals surface area contributed by atoms with Gasteiger partial charge in [0.25, 0.3) is 0 Å². The highest BCUT2D eigenvalue weighted by Gasteiger charge is 1.97. The molecule has 3 heteroatoms. The van der Waals surface area contributed by atoms with Crippen molar-refractivity contribution in [1.82, 2.24) is 0 Å². The lowest BCUT2D eigenvalue weighted by Gasteiger charge is -2.06. The van der Waals surface area contributed by atoms with Crippen molar-refractivity contribution in [2.45, 2.75) is 0 Å². The predicted octanol–water partition coefficient (Wildman–Crippen LogP) is 2.28. The molecule has 0 atom stereocenters. The summed E-state index contributed by atoms with van der Waals surface area (Å²) < 4.78 is 10.7. The van der Waals surface area contributed by atoms with Gasteiger partial charge in [0.2, 0.25) is 0 Å². The molecule has 79 valence electrons. The third kappa shape index (κ3) is 2.64. The number of rotatable bonds is 3. The molecule has 2 aromatic rings. The minimum atomic E-state index is 0.794. The first kappa shape index (κ1) is 10.8. The van der Waals surface area contributed by atoms with E-state index in [4.69, 9.17) is 9.47 Å². The van der Waals surface area contributed by atoms with Crippen molar-refractivity contribution in [3.63, 3.8) is 0 Å². The van der Waals surface area contributed by atoms with Crippen LogP contribution in [0.4, 0.5) is 0 Å². The highest BCUT2D eigenvalue weighted by molar-refractivity contribution is 6.32. The van der Waals surface area contributed by atoms with Gasteiger partial charge in [0.1, 0.15) is 17.2 Å². The van der Waals surface area contributed by atoms with Gasteiger partial charge in [-0.15, -0.1) is 0 Å². The predicted molar refractivity (Wildman–Crippen MR) is 64.9 cm³/mol. The van der Waals surface area contributed by atoms with Crippen LogP contribution in [0.25, 0.3) is 0 Å². The Balaban J connectivity index is 2.11. The Morgan fingerprint density at radius 3 is 1.69 bits per heavy atom. The Hall–Kier alpha value is -1.74. The van der Waals surface area contributed by atoms with Crippen LogP contribution in [0.5, 0.6) is 17.2 Å². The summed E-state index contributed by atoms with van der Waals surface area (Å²) in [4.78, 5) is 0. The van der Waals surface area contributed by atoms with Crippen LogP contribution in [-0.4, -0.2) is 17.4 Å². The lowest BCUT2D eigenvalue weighted by molar-refractivity contribution is 0.413. The number of hydrogen-bond acceptors (Lipinski definition) is 2. The molecule has 0 saturated carbocycles. The fraction of sp³-hybridized carbons (Fsp3) is 0.0769. The molecule has 0 unspecified atom stereocenters. The maximum absolute atomic E-state index is 5.66. The van der Waals surface area contributed by atoms with Gasteiger partial charge >= 0.3 is 0 Å². The average molecular weight is 227 g/mol. The zero-order valence-electron chi connectivity index (χ0n) is 8.94. The zero-order chi connectivity index (χ0) is 11.4. The minimum absolute atomic E-state index is 0.794. The fourth-order valence-electron chi connectivity index (χ4n) is 1.30. The van der Waals surface area contributed by atoms with Gasteiger partial charge in [-0.1, -0.05) is 17.3 Å². The van der Waals surface area contributed by atoms with Gasteiger partial charge in [0.15, 0.2) is 0 Å². The minimum Gasteiger partial charge on any atom is -0.497 e. The molecule has 0 fully saturated rings. The van der Waals surface area contributed by atoms with Gasteiger partial charge in [-0.2, -0.15) is 0 Å². The van der Waals surface area contributed by atoms with Crippen LogP contribution in [0.2, 0.25) is 0 Å². The SMILES string of the molecule is COc1ccc(Oc2ccc([Si])cc2)cc1. The summed E-state index contributed by atoms with van der Waals surface area (Å²) in [6.45, 7) is 0. The topological polar surface area (TPSA) is 18.5 Å². The summed E-state index contributed by atoms with van der Waals surface area (Å²) >= 11 is 0. The zero-order valence-corrected chi connectivity index (χ0v) is 9.94. The Bertz CT molecular complexity index is 448. The van der Waals surface area contributed by atoms with Gasteiger partial charge in [-0.05, 0) is 36.4 Å². The maximum atomic E-state index is 5.66. The van der Waals surface area contributed by atoms with E-state index in [0.29, 0.717) is 0 Å². The van der Waals surface area contributed by atoms with Gasteiger partial charge < -0.3 is 9.47 Å². The molecule has 0 aliphatic carbocycles. The van der Waals surface area contributed by atoms with E-state index in [0.717, 1.165) is 22.4 Å². The van der Waals surface area contributed by atoms with Crippen molar-refractivity contribution >= 4 is 15.4 Å². The summed E-state index contributed by atoms with van der Waals surface area (Å²) in [6.07, 6.45) is 0. The Morgan fingerprint density at radius 1 is 0.750 bits per heavy atom. The molecule has 0 aromatic heterocycles. The van der Waals surface area contributed by atoms with Crippen LogP contribution in [0.3, 0.4) is 0 Å². The highest BCUT2D eigenvalue weighted by Crippen LogP contribution is 2.22. The third-order valence-electron chi connectivity index (χ3n) is 2.15. The summed E-state index contributed by atoms with van der Waals surface area (Å²) in [5.74, 6) is 2.43. The molecular formula is C13H11O2Si. The number of hydrogen-bond donors (Lipinski definition) is 0. The van der Waals surface area contributed by atoms with Crippen molar-refractivity contribution in [2.75, 3.05) is 7.11 Å². The van der Waals surface area contributed by atoms with Gasteiger partial charge in [-0.25, -0.2) is 0 Å². The molecule has 2 aromatic carbocycles. The molecule has 0 amide bonds. The molecule has 0 spiro atoms. The summed E-state index contributed by atoms with van der Waals surface area (Å²) in [5.41, 5.74) is 0. The second-order valence-electron chi connectivity index (χ2n) is 3.30. The summed E-state index contributed by atoms with van der Waals surface area (Å²) in [6, 6.07) is 15.2. The molecule has 0 saturated heterocycles. The number of ether oxygens (including phenoxy) is 2. The number of benzene rings is 2. The fourth-order valence-corrected chi connectivity index (χ4v) is 1.47. The van der Waals surface area contributed by atoms with Gasteiger partial charge in [0.05, 0.1) is 17.4 Å². The first-order valence-electron chi connectivity index (χ1n) is 4.91. The smallest absolute Gasteiger partial charge is 0.127 e. The molecule has 0 bridgehead atoms. The first-order valence-corrected chi connectivity index (χ1v) is 5.41. The van der Waals surface area contributed by atoms with Crippen LogP contribution in [0, 0.1) is 0 Å². The average Bonchev–Trinajstić information content (AvgIpc) is 2.33.